The molecule has 0 saturated carbocycles. The maximum atomic E-state index is 11.5. The molecule has 0 heterocycles. The van der Waals surface area contributed by atoms with Gasteiger partial charge in [-0.05, 0) is 31.7 Å². The maximum Gasteiger partial charge on any atom is 0.303 e. The Morgan fingerprint density at radius 1 is 1.28 bits per heavy atom. The molecular formula is C13H26N2O3. The van der Waals surface area contributed by atoms with Crippen LogP contribution in [0.5, 0.6) is 0 Å². The molecule has 0 aromatic carbocycles. The lowest BCUT2D eigenvalue weighted by Crippen LogP contribution is -2.36. The number of carbonyl (C=O) groups is 2. The summed E-state index contributed by atoms with van der Waals surface area (Å²) in [7, 11) is 1.78. The molecule has 5 nitrogen and oxygen atoms in total. The van der Waals surface area contributed by atoms with Crippen molar-refractivity contribution in [1.29, 1.82) is 0 Å². The first-order valence-corrected chi connectivity index (χ1v) is 6.45. The number of hydrogen-bond donors (Lipinski definition) is 2. The van der Waals surface area contributed by atoms with Gasteiger partial charge in [0.15, 0.2) is 0 Å². The van der Waals surface area contributed by atoms with Gasteiger partial charge in [0.1, 0.15) is 0 Å². The molecule has 5 heteroatoms. The summed E-state index contributed by atoms with van der Waals surface area (Å²) in [5.74, 6) is -0.670. The lowest BCUT2D eigenvalue weighted by Gasteiger charge is -2.24. The van der Waals surface area contributed by atoms with Gasteiger partial charge in [-0.1, -0.05) is 13.8 Å². The molecule has 0 aliphatic rings. The van der Waals surface area contributed by atoms with Crippen LogP contribution in [0.25, 0.3) is 0 Å². The highest BCUT2D eigenvalue weighted by molar-refractivity contribution is 5.77. The molecule has 0 unspecified atom stereocenters. The number of carbonyl (C=O) groups excluding carboxylic acids is 1. The third kappa shape index (κ3) is 8.06. The molecule has 0 aromatic heterocycles. The molecule has 0 aliphatic heterocycles. The molecule has 0 bridgehead atoms. The molecule has 0 atom stereocenters. The molecule has 0 aliphatic carbocycles. The van der Waals surface area contributed by atoms with Crippen LogP contribution < -0.4 is 5.32 Å². The number of aliphatic carboxylic acids is 1. The van der Waals surface area contributed by atoms with E-state index in [2.05, 4.69) is 19.2 Å². The fourth-order valence-corrected chi connectivity index (χ4v) is 1.50. The normalized spacial score (nSPS) is 11.3. The van der Waals surface area contributed by atoms with Crippen LogP contribution in [0.4, 0.5) is 0 Å². The number of carboxylic acid groups (broad SMARTS) is 1. The van der Waals surface area contributed by atoms with Gasteiger partial charge in [0.05, 0.1) is 6.54 Å². The first-order chi connectivity index (χ1) is 8.28. The van der Waals surface area contributed by atoms with Crippen LogP contribution in [0.1, 0.15) is 40.0 Å². The standard InChI is InChI=1S/C13H26N2O3/c1-5-15(4)11(16)10-14-9-8-13(2,3)7-6-12(17)18/h14H,5-10H2,1-4H3,(H,17,18). The molecule has 0 aromatic rings. The first kappa shape index (κ1) is 16.9. The van der Waals surface area contributed by atoms with E-state index in [4.69, 9.17) is 5.11 Å². The van der Waals surface area contributed by atoms with E-state index in [1.165, 1.54) is 0 Å². The van der Waals surface area contributed by atoms with Gasteiger partial charge >= 0.3 is 5.97 Å². The zero-order valence-electron chi connectivity index (χ0n) is 12.0. The number of rotatable bonds is 9. The molecule has 0 fully saturated rings. The van der Waals surface area contributed by atoms with Crippen molar-refractivity contribution >= 4 is 11.9 Å². The summed E-state index contributed by atoms with van der Waals surface area (Å²) in [6, 6.07) is 0. The zero-order valence-corrected chi connectivity index (χ0v) is 12.0. The van der Waals surface area contributed by atoms with Crippen molar-refractivity contribution in [3.8, 4) is 0 Å². The van der Waals surface area contributed by atoms with E-state index in [-0.39, 0.29) is 17.7 Å². The van der Waals surface area contributed by atoms with Crippen LogP contribution >= 0.6 is 0 Å². The van der Waals surface area contributed by atoms with Crippen molar-refractivity contribution in [2.24, 2.45) is 5.41 Å². The Labute approximate surface area is 110 Å². The highest BCUT2D eigenvalue weighted by Gasteiger charge is 2.18. The monoisotopic (exact) mass is 258 g/mol. The van der Waals surface area contributed by atoms with E-state index in [0.29, 0.717) is 19.5 Å². The van der Waals surface area contributed by atoms with Gasteiger partial charge in [-0.3, -0.25) is 9.59 Å². The minimum Gasteiger partial charge on any atom is -0.481 e. The molecule has 0 spiro atoms. The summed E-state index contributed by atoms with van der Waals surface area (Å²) in [6.07, 6.45) is 1.72. The van der Waals surface area contributed by atoms with E-state index >= 15 is 0 Å². The highest BCUT2D eigenvalue weighted by atomic mass is 16.4. The van der Waals surface area contributed by atoms with E-state index in [0.717, 1.165) is 13.0 Å². The third-order valence-corrected chi connectivity index (χ3v) is 3.17. The second kappa shape index (κ2) is 8.08. The Bertz CT molecular complexity index is 277. The van der Waals surface area contributed by atoms with Crippen molar-refractivity contribution in [1.82, 2.24) is 10.2 Å². The second-order valence-corrected chi connectivity index (χ2v) is 5.39. The number of amides is 1. The summed E-state index contributed by atoms with van der Waals surface area (Å²) in [5, 5.41) is 11.7. The third-order valence-electron chi connectivity index (χ3n) is 3.17. The Kier molecular flexibility index (Phi) is 7.59. The number of nitrogens with zero attached hydrogens (tertiary/aromatic N) is 1. The molecule has 106 valence electrons. The van der Waals surface area contributed by atoms with Crippen LogP contribution in [-0.4, -0.2) is 48.6 Å². The van der Waals surface area contributed by atoms with Crippen LogP contribution in [0.3, 0.4) is 0 Å². The summed E-state index contributed by atoms with van der Waals surface area (Å²) in [6.45, 7) is 7.84. The minimum atomic E-state index is -0.754. The largest absolute Gasteiger partial charge is 0.481 e. The summed E-state index contributed by atoms with van der Waals surface area (Å²) < 4.78 is 0. The lowest BCUT2D eigenvalue weighted by molar-refractivity contribution is -0.137. The van der Waals surface area contributed by atoms with Gasteiger partial charge in [0.25, 0.3) is 0 Å². The number of carboxylic acids is 1. The maximum absolute atomic E-state index is 11.5. The van der Waals surface area contributed by atoms with E-state index < -0.39 is 5.97 Å². The summed E-state index contributed by atoms with van der Waals surface area (Å²) in [4.78, 5) is 23.7. The average Bonchev–Trinajstić information content (AvgIpc) is 2.31. The van der Waals surface area contributed by atoms with Gasteiger partial charge in [-0.25, -0.2) is 0 Å². The minimum absolute atomic E-state index is 0.00883. The molecule has 0 rings (SSSR count). The number of likely N-dealkylation sites (N-methyl/N-ethyl adjacent to an activating group) is 1. The average molecular weight is 258 g/mol. The topological polar surface area (TPSA) is 69.6 Å². The lowest BCUT2D eigenvalue weighted by atomic mass is 9.84. The van der Waals surface area contributed by atoms with Crippen molar-refractivity contribution in [2.45, 2.75) is 40.0 Å². The van der Waals surface area contributed by atoms with Gasteiger partial charge < -0.3 is 15.3 Å². The Balaban J connectivity index is 3.76. The van der Waals surface area contributed by atoms with Crippen LogP contribution in [0, 0.1) is 5.41 Å². The van der Waals surface area contributed by atoms with E-state index in [9.17, 15) is 9.59 Å². The predicted octanol–water partition coefficient (Wildman–Crippen LogP) is 1.34. The fourth-order valence-electron chi connectivity index (χ4n) is 1.50. The molecule has 18 heavy (non-hydrogen) atoms. The Morgan fingerprint density at radius 2 is 1.89 bits per heavy atom. The van der Waals surface area contributed by atoms with Crippen LogP contribution in [-0.2, 0) is 9.59 Å². The molecule has 0 radical (unpaired) electrons. The fraction of sp³-hybridized carbons (Fsp3) is 0.846. The van der Waals surface area contributed by atoms with Gasteiger partial charge in [-0.15, -0.1) is 0 Å². The second-order valence-electron chi connectivity index (χ2n) is 5.39. The quantitative estimate of drug-likeness (QED) is 0.612. The van der Waals surface area contributed by atoms with Crippen molar-refractivity contribution in [2.75, 3.05) is 26.7 Å². The van der Waals surface area contributed by atoms with Crippen molar-refractivity contribution in [3.63, 3.8) is 0 Å². The predicted molar refractivity (Wildman–Crippen MR) is 71.4 cm³/mol. The van der Waals surface area contributed by atoms with Gasteiger partial charge in [0.2, 0.25) is 5.91 Å². The molecular weight excluding hydrogens is 232 g/mol. The van der Waals surface area contributed by atoms with Gasteiger partial charge in [0, 0.05) is 20.0 Å². The van der Waals surface area contributed by atoms with Crippen LogP contribution in [0.2, 0.25) is 0 Å². The zero-order chi connectivity index (χ0) is 14.2. The number of nitrogens with one attached hydrogen (secondary N) is 1. The highest BCUT2D eigenvalue weighted by Crippen LogP contribution is 2.25. The summed E-state index contributed by atoms with van der Waals surface area (Å²) in [5.41, 5.74) is -0.00883. The smallest absolute Gasteiger partial charge is 0.303 e. The summed E-state index contributed by atoms with van der Waals surface area (Å²) >= 11 is 0. The molecule has 2 N–H and O–H groups in total. The van der Waals surface area contributed by atoms with E-state index in [1.54, 1.807) is 11.9 Å². The van der Waals surface area contributed by atoms with Crippen molar-refractivity contribution in [3.05, 3.63) is 0 Å². The Hall–Kier alpha value is -1.10. The first-order valence-electron chi connectivity index (χ1n) is 6.45. The Morgan fingerprint density at radius 3 is 2.39 bits per heavy atom. The number of hydrogen-bond acceptors (Lipinski definition) is 3. The SMILES string of the molecule is CCN(C)C(=O)CNCCC(C)(C)CCC(=O)O. The van der Waals surface area contributed by atoms with Gasteiger partial charge in [-0.2, -0.15) is 0 Å². The molecule has 0 saturated heterocycles. The van der Waals surface area contributed by atoms with Crippen molar-refractivity contribution < 1.29 is 14.7 Å². The van der Waals surface area contributed by atoms with Crippen LogP contribution in [0.15, 0.2) is 0 Å². The molecule has 1 amide bonds. The van der Waals surface area contributed by atoms with E-state index in [1.807, 2.05) is 6.92 Å².